The van der Waals surface area contributed by atoms with Crippen LogP contribution in [-0.2, 0) is 11.2 Å². The molecule has 4 heterocycles. The number of likely N-dealkylation sites (tertiary alicyclic amines) is 1. The molecule has 1 aliphatic rings. The number of halogens is 2. The van der Waals surface area contributed by atoms with E-state index in [0.717, 1.165) is 47.8 Å². The molecule has 1 aromatic carbocycles. The van der Waals surface area contributed by atoms with E-state index in [-0.39, 0.29) is 5.91 Å². The molecule has 0 unspecified atom stereocenters. The van der Waals surface area contributed by atoms with Gasteiger partial charge >= 0.3 is 0 Å². The Hall–Kier alpha value is -2.19. The molecule has 1 saturated heterocycles. The molecule has 0 saturated carbocycles. The Kier molecular flexibility index (Phi) is 6.33. The summed E-state index contributed by atoms with van der Waals surface area (Å²) in [5.41, 5.74) is 3.40. The number of amides is 1. The summed E-state index contributed by atoms with van der Waals surface area (Å²) in [7, 11) is 0. The fraction of sp³-hybridized carbons (Fsp3) is 0.261. The number of hydrogen-bond acceptors (Lipinski definition) is 6. The van der Waals surface area contributed by atoms with Crippen LogP contribution in [0.4, 0.5) is 0 Å². The highest BCUT2D eigenvalue weighted by Gasteiger charge is 2.26. The lowest BCUT2D eigenvalue weighted by Gasteiger charge is -2.31. The lowest BCUT2D eigenvalue weighted by Crippen LogP contribution is -2.38. The van der Waals surface area contributed by atoms with Gasteiger partial charge in [-0.25, -0.2) is 4.98 Å². The standard InChI is InChI=1S/C23H19Cl2N3O2S2/c24-17-2-1-16(10-18(17)25)19-11-21(30-27-19)20-13-32-23(26-20)15-3-6-28(7-4-15)22(29)9-14-5-8-31-12-14/h1-2,5,8,10-13,15H,3-4,6-7,9H2. The van der Waals surface area contributed by atoms with Gasteiger partial charge in [0.1, 0.15) is 11.4 Å². The van der Waals surface area contributed by atoms with Gasteiger partial charge in [0.2, 0.25) is 5.91 Å². The van der Waals surface area contributed by atoms with Crippen LogP contribution in [0.25, 0.3) is 22.7 Å². The third-order valence-electron chi connectivity index (χ3n) is 5.63. The molecule has 4 aromatic rings. The van der Waals surface area contributed by atoms with Crippen LogP contribution in [0.15, 0.2) is 51.0 Å². The zero-order valence-corrected chi connectivity index (χ0v) is 20.1. The number of carbonyl (C=O) groups excluding carboxylic acids is 1. The molecule has 1 amide bonds. The molecule has 0 bridgehead atoms. The van der Waals surface area contributed by atoms with Crippen molar-refractivity contribution in [2.45, 2.75) is 25.2 Å². The SMILES string of the molecule is O=C(Cc1ccsc1)N1CCC(c2nc(-c3cc(-c4ccc(Cl)c(Cl)c4)no3)cs2)CC1. The maximum atomic E-state index is 12.5. The highest BCUT2D eigenvalue weighted by Crippen LogP contribution is 2.35. The van der Waals surface area contributed by atoms with Crippen LogP contribution >= 0.6 is 45.9 Å². The molecule has 1 fully saturated rings. The Morgan fingerprint density at radius 2 is 1.94 bits per heavy atom. The normalized spacial score (nSPS) is 14.8. The second-order valence-corrected chi connectivity index (χ2v) is 10.2. The molecule has 5 rings (SSSR count). The predicted molar refractivity (Wildman–Crippen MR) is 130 cm³/mol. The van der Waals surface area contributed by atoms with Crippen molar-refractivity contribution in [1.82, 2.24) is 15.0 Å². The molecule has 0 spiro atoms. The molecule has 32 heavy (non-hydrogen) atoms. The number of thiazole rings is 1. The van der Waals surface area contributed by atoms with Crippen LogP contribution in [0.1, 0.15) is 29.3 Å². The number of piperidine rings is 1. The van der Waals surface area contributed by atoms with E-state index in [1.807, 2.05) is 39.2 Å². The van der Waals surface area contributed by atoms with Gasteiger partial charge in [-0.2, -0.15) is 11.3 Å². The first-order valence-corrected chi connectivity index (χ1v) is 12.8. The maximum absolute atomic E-state index is 12.5. The van der Waals surface area contributed by atoms with E-state index < -0.39 is 0 Å². The lowest BCUT2D eigenvalue weighted by molar-refractivity contribution is -0.131. The minimum atomic E-state index is 0.207. The van der Waals surface area contributed by atoms with Crippen molar-refractivity contribution in [2.24, 2.45) is 0 Å². The Bertz CT molecular complexity index is 1230. The van der Waals surface area contributed by atoms with Gasteiger partial charge in [0, 0.05) is 36.0 Å². The van der Waals surface area contributed by atoms with Crippen LogP contribution in [0.2, 0.25) is 10.0 Å². The Labute approximate surface area is 203 Å². The molecule has 0 N–H and O–H groups in total. The molecule has 164 valence electrons. The van der Waals surface area contributed by atoms with E-state index in [9.17, 15) is 4.79 Å². The molecule has 1 aliphatic heterocycles. The van der Waals surface area contributed by atoms with Crippen LogP contribution in [0.5, 0.6) is 0 Å². The van der Waals surface area contributed by atoms with Gasteiger partial charge in [0.25, 0.3) is 0 Å². The first kappa shape index (κ1) is 21.6. The fourth-order valence-electron chi connectivity index (χ4n) is 3.83. The van der Waals surface area contributed by atoms with Gasteiger partial charge < -0.3 is 9.42 Å². The highest BCUT2D eigenvalue weighted by atomic mass is 35.5. The number of aromatic nitrogens is 2. The quantitative estimate of drug-likeness (QED) is 0.301. The molecule has 3 aromatic heterocycles. The van der Waals surface area contributed by atoms with E-state index in [2.05, 4.69) is 5.16 Å². The summed E-state index contributed by atoms with van der Waals surface area (Å²) in [5.74, 6) is 1.19. The number of nitrogens with zero attached hydrogens (tertiary/aromatic N) is 3. The molecular weight excluding hydrogens is 485 g/mol. The zero-order chi connectivity index (χ0) is 22.1. The smallest absolute Gasteiger partial charge is 0.227 e. The van der Waals surface area contributed by atoms with Crippen molar-refractivity contribution in [3.8, 4) is 22.7 Å². The average molecular weight is 504 g/mol. The van der Waals surface area contributed by atoms with Crippen molar-refractivity contribution in [3.63, 3.8) is 0 Å². The fourth-order valence-corrected chi connectivity index (χ4v) is 5.78. The first-order valence-electron chi connectivity index (χ1n) is 10.2. The van der Waals surface area contributed by atoms with Crippen LogP contribution in [0.3, 0.4) is 0 Å². The summed E-state index contributed by atoms with van der Waals surface area (Å²) in [6.45, 7) is 1.54. The molecule has 0 radical (unpaired) electrons. The van der Waals surface area contributed by atoms with Crippen molar-refractivity contribution in [3.05, 3.63) is 67.1 Å². The topological polar surface area (TPSA) is 59.2 Å². The first-order chi connectivity index (χ1) is 15.6. The number of carbonyl (C=O) groups is 1. The summed E-state index contributed by atoms with van der Waals surface area (Å²) < 4.78 is 5.54. The van der Waals surface area contributed by atoms with E-state index in [1.165, 1.54) is 0 Å². The van der Waals surface area contributed by atoms with Crippen LogP contribution in [-0.4, -0.2) is 34.0 Å². The van der Waals surface area contributed by atoms with E-state index in [0.29, 0.717) is 33.8 Å². The van der Waals surface area contributed by atoms with Gasteiger partial charge in [-0.1, -0.05) is 34.4 Å². The number of benzene rings is 1. The minimum Gasteiger partial charge on any atom is -0.354 e. The molecule has 9 heteroatoms. The van der Waals surface area contributed by atoms with E-state index in [4.69, 9.17) is 32.7 Å². The minimum absolute atomic E-state index is 0.207. The van der Waals surface area contributed by atoms with Gasteiger partial charge in [-0.15, -0.1) is 11.3 Å². The van der Waals surface area contributed by atoms with Crippen molar-refractivity contribution in [1.29, 1.82) is 0 Å². The molecule has 5 nitrogen and oxygen atoms in total. The van der Waals surface area contributed by atoms with Gasteiger partial charge in [-0.05, 0) is 47.4 Å². The second kappa shape index (κ2) is 9.35. The number of hydrogen-bond donors (Lipinski definition) is 0. The molecule has 0 atom stereocenters. The van der Waals surface area contributed by atoms with Gasteiger partial charge in [0.05, 0.1) is 21.5 Å². The average Bonchev–Trinajstić information content (AvgIpc) is 3.57. The summed E-state index contributed by atoms with van der Waals surface area (Å²) in [6.07, 6.45) is 2.34. The van der Waals surface area contributed by atoms with Crippen molar-refractivity contribution in [2.75, 3.05) is 13.1 Å². The van der Waals surface area contributed by atoms with Gasteiger partial charge in [-0.3, -0.25) is 4.79 Å². The highest BCUT2D eigenvalue weighted by molar-refractivity contribution is 7.10. The third-order valence-corrected chi connectivity index (χ3v) is 8.11. The van der Waals surface area contributed by atoms with E-state index >= 15 is 0 Å². The molecule has 0 aliphatic carbocycles. The monoisotopic (exact) mass is 503 g/mol. The molecular formula is C23H19Cl2N3O2S2. The Morgan fingerprint density at radius 1 is 1.09 bits per heavy atom. The summed E-state index contributed by atoms with van der Waals surface area (Å²) in [5, 5.41) is 12.3. The zero-order valence-electron chi connectivity index (χ0n) is 17.0. The second-order valence-electron chi connectivity index (χ2n) is 7.74. The third kappa shape index (κ3) is 4.62. The summed E-state index contributed by atoms with van der Waals surface area (Å²) in [4.78, 5) is 19.3. The lowest BCUT2D eigenvalue weighted by atomic mass is 9.97. The van der Waals surface area contributed by atoms with E-state index in [1.54, 1.807) is 34.8 Å². The number of rotatable bonds is 5. The number of thiophene rings is 1. The van der Waals surface area contributed by atoms with Gasteiger partial charge in [0.15, 0.2) is 5.76 Å². The van der Waals surface area contributed by atoms with Crippen molar-refractivity contribution < 1.29 is 9.32 Å². The Morgan fingerprint density at radius 3 is 2.69 bits per heavy atom. The Balaban J connectivity index is 1.22. The maximum Gasteiger partial charge on any atom is 0.227 e. The largest absolute Gasteiger partial charge is 0.354 e. The summed E-state index contributed by atoms with van der Waals surface area (Å²) >= 11 is 15.4. The van der Waals surface area contributed by atoms with Crippen LogP contribution in [0, 0.1) is 0 Å². The summed E-state index contributed by atoms with van der Waals surface area (Å²) in [6, 6.07) is 9.25. The van der Waals surface area contributed by atoms with Crippen LogP contribution < -0.4 is 0 Å². The predicted octanol–water partition coefficient (Wildman–Crippen LogP) is 6.78. The van der Waals surface area contributed by atoms with Crippen molar-refractivity contribution >= 4 is 51.8 Å².